The molecule has 2 heteroatoms. The summed E-state index contributed by atoms with van der Waals surface area (Å²) in [5.74, 6) is -0.682. The Morgan fingerprint density at radius 3 is 1.75 bits per heavy atom. The maximum Gasteiger partial charge on any atom is 0.303 e. The zero-order chi connectivity index (χ0) is 11.4. The van der Waals surface area contributed by atoms with Crippen LogP contribution in [0.4, 0.5) is 0 Å². The first-order valence-corrected chi connectivity index (χ1v) is 5.38. The highest BCUT2D eigenvalue weighted by atomic mass is 16.4. The summed E-state index contributed by atoms with van der Waals surface area (Å²) in [4.78, 5) is 10.3. The molecule has 0 aliphatic carbocycles. The van der Waals surface area contributed by atoms with Crippen LogP contribution in [0.5, 0.6) is 0 Å². The lowest BCUT2D eigenvalue weighted by atomic mass is 9.67. The van der Waals surface area contributed by atoms with Gasteiger partial charge in [0.25, 0.3) is 0 Å². The first kappa shape index (κ1) is 20.8. The van der Waals surface area contributed by atoms with Crippen molar-refractivity contribution in [3.63, 3.8) is 0 Å². The van der Waals surface area contributed by atoms with Crippen LogP contribution in [0.25, 0.3) is 0 Å². The van der Waals surface area contributed by atoms with Gasteiger partial charge in [0, 0.05) is 6.42 Å². The monoisotopic (exact) mass is 232 g/mol. The predicted molar refractivity (Wildman–Crippen MR) is 72.8 cm³/mol. The summed E-state index contributed by atoms with van der Waals surface area (Å²) in [6, 6.07) is 0. The molecule has 1 N–H and O–H groups in total. The van der Waals surface area contributed by atoms with Gasteiger partial charge in [-0.25, -0.2) is 0 Å². The topological polar surface area (TPSA) is 37.3 Å². The third kappa shape index (κ3) is 7.72. The van der Waals surface area contributed by atoms with Crippen LogP contribution in [0, 0.1) is 10.8 Å². The van der Waals surface area contributed by atoms with Gasteiger partial charge in [-0.2, -0.15) is 0 Å². The Labute approximate surface area is 102 Å². The first-order valence-electron chi connectivity index (χ1n) is 5.38. The molecule has 0 saturated heterocycles. The summed E-state index contributed by atoms with van der Waals surface area (Å²) in [5, 5.41) is 8.50. The van der Waals surface area contributed by atoms with Gasteiger partial charge in [-0.3, -0.25) is 4.79 Å². The number of aliphatic carboxylic acids is 1. The van der Waals surface area contributed by atoms with Crippen molar-refractivity contribution in [1.29, 1.82) is 0 Å². The smallest absolute Gasteiger partial charge is 0.303 e. The Morgan fingerprint density at radius 1 is 1.00 bits per heavy atom. The van der Waals surface area contributed by atoms with E-state index in [-0.39, 0.29) is 25.7 Å². The Hall–Kier alpha value is -0.530. The Kier molecular flexibility index (Phi) is 10.0. The van der Waals surface area contributed by atoms with Gasteiger partial charge in [0.05, 0.1) is 0 Å². The third-order valence-electron chi connectivity index (χ3n) is 3.47. The maximum absolute atomic E-state index is 10.3. The summed E-state index contributed by atoms with van der Waals surface area (Å²) in [5.41, 5.74) is 0.571. The number of rotatable bonds is 5. The summed E-state index contributed by atoms with van der Waals surface area (Å²) in [6.45, 7) is 11.2. The van der Waals surface area contributed by atoms with Crippen molar-refractivity contribution in [3.8, 4) is 0 Å². The highest BCUT2D eigenvalue weighted by Crippen LogP contribution is 2.41. The van der Waals surface area contributed by atoms with E-state index in [1.54, 1.807) is 0 Å². The van der Waals surface area contributed by atoms with Crippen molar-refractivity contribution < 1.29 is 9.90 Å². The lowest BCUT2D eigenvalue weighted by Gasteiger charge is -2.39. The van der Waals surface area contributed by atoms with Crippen LogP contribution in [0.1, 0.15) is 75.2 Å². The minimum Gasteiger partial charge on any atom is -0.481 e. The normalized spacial score (nSPS) is 11.3. The van der Waals surface area contributed by atoms with Gasteiger partial charge in [0.15, 0.2) is 0 Å². The number of unbranched alkanes of at least 4 members (excludes halogenated alkanes) is 1. The molecule has 0 saturated carbocycles. The molecular formula is C14H32O2. The van der Waals surface area contributed by atoms with Gasteiger partial charge in [-0.05, 0) is 23.7 Å². The van der Waals surface area contributed by atoms with Crippen LogP contribution < -0.4 is 0 Å². The van der Waals surface area contributed by atoms with Crippen molar-refractivity contribution >= 4 is 5.97 Å². The van der Waals surface area contributed by atoms with Gasteiger partial charge in [-0.1, -0.05) is 55.9 Å². The molecule has 100 valence electrons. The minimum absolute atomic E-state index is 0. The standard InChI is InChI=1S/C12H24O2.2CH4/c1-11(2,3)12(4,5)9-7-6-8-10(13)14;;/h6-9H2,1-5H3,(H,13,14);2*1H4. The number of hydrogen-bond donors (Lipinski definition) is 1. The Bertz CT molecular complexity index is 187. The molecule has 0 bridgehead atoms. The van der Waals surface area contributed by atoms with E-state index in [0.29, 0.717) is 6.42 Å². The Morgan fingerprint density at radius 2 is 1.44 bits per heavy atom. The Balaban J connectivity index is -0.000000845. The highest BCUT2D eigenvalue weighted by Gasteiger charge is 2.31. The van der Waals surface area contributed by atoms with Crippen LogP contribution in [0.15, 0.2) is 0 Å². The lowest BCUT2D eigenvalue weighted by Crippen LogP contribution is -2.29. The molecule has 0 rings (SSSR count). The molecule has 0 aromatic rings. The largest absolute Gasteiger partial charge is 0.481 e. The van der Waals surface area contributed by atoms with E-state index in [4.69, 9.17) is 5.11 Å². The maximum atomic E-state index is 10.3. The average molecular weight is 232 g/mol. The van der Waals surface area contributed by atoms with Crippen LogP contribution in [0.3, 0.4) is 0 Å². The van der Waals surface area contributed by atoms with Crippen molar-refractivity contribution in [2.45, 2.75) is 75.2 Å². The average Bonchev–Trinajstić information content (AvgIpc) is 1.95. The van der Waals surface area contributed by atoms with Crippen molar-refractivity contribution in [3.05, 3.63) is 0 Å². The van der Waals surface area contributed by atoms with Gasteiger partial charge >= 0.3 is 5.97 Å². The van der Waals surface area contributed by atoms with Gasteiger partial charge < -0.3 is 5.11 Å². The molecule has 0 aromatic heterocycles. The molecule has 0 fully saturated rings. The van der Waals surface area contributed by atoms with Crippen molar-refractivity contribution in [2.24, 2.45) is 10.8 Å². The van der Waals surface area contributed by atoms with E-state index < -0.39 is 5.97 Å². The number of hydrogen-bond acceptors (Lipinski definition) is 1. The zero-order valence-electron chi connectivity index (χ0n) is 10.2. The SMILES string of the molecule is C.C.CC(C)(C)C(C)(C)CCCCC(=O)O. The number of carboxylic acid groups (broad SMARTS) is 1. The van der Waals surface area contributed by atoms with E-state index in [9.17, 15) is 4.79 Å². The summed E-state index contributed by atoms with van der Waals surface area (Å²) >= 11 is 0. The second-order valence-electron chi connectivity index (χ2n) is 5.73. The first-order chi connectivity index (χ1) is 6.17. The molecule has 0 atom stereocenters. The minimum atomic E-state index is -0.682. The molecule has 0 spiro atoms. The van der Waals surface area contributed by atoms with E-state index in [1.165, 1.54) is 0 Å². The van der Waals surface area contributed by atoms with Crippen LogP contribution in [0.2, 0.25) is 0 Å². The third-order valence-corrected chi connectivity index (χ3v) is 3.47. The quantitative estimate of drug-likeness (QED) is 0.679. The molecule has 16 heavy (non-hydrogen) atoms. The highest BCUT2D eigenvalue weighted by molar-refractivity contribution is 5.66. The van der Waals surface area contributed by atoms with Crippen molar-refractivity contribution in [2.75, 3.05) is 0 Å². The van der Waals surface area contributed by atoms with E-state index in [2.05, 4.69) is 34.6 Å². The molecule has 0 aliphatic rings. The fraction of sp³-hybridized carbons (Fsp3) is 0.929. The summed E-state index contributed by atoms with van der Waals surface area (Å²) in [6.07, 6.45) is 3.22. The fourth-order valence-electron chi connectivity index (χ4n) is 1.22. The number of carboxylic acids is 1. The molecule has 2 nitrogen and oxygen atoms in total. The summed E-state index contributed by atoms with van der Waals surface area (Å²) in [7, 11) is 0. The van der Waals surface area contributed by atoms with Crippen LogP contribution in [-0.2, 0) is 4.79 Å². The molecular weight excluding hydrogens is 200 g/mol. The van der Waals surface area contributed by atoms with Crippen LogP contribution >= 0.6 is 0 Å². The van der Waals surface area contributed by atoms with Gasteiger partial charge in [0.2, 0.25) is 0 Å². The predicted octanol–water partition coefficient (Wildman–Crippen LogP) is 4.98. The van der Waals surface area contributed by atoms with Crippen molar-refractivity contribution in [1.82, 2.24) is 0 Å². The second kappa shape index (κ2) is 7.70. The molecule has 0 radical (unpaired) electrons. The van der Waals surface area contributed by atoms with E-state index >= 15 is 0 Å². The molecule has 0 heterocycles. The van der Waals surface area contributed by atoms with E-state index in [0.717, 1.165) is 19.3 Å². The molecule has 0 unspecified atom stereocenters. The lowest BCUT2D eigenvalue weighted by molar-refractivity contribution is -0.137. The zero-order valence-corrected chi connectivity index (χ0v) is 10.2. The molecule has 0 amide bonds. The second-order valence-corrected chi connectivity index (χ2v) is 5.73. The van der Waals surface area contributed by atoms with Crippen LogP contribution in [-0.4, -0.2) is 11.1 Å². The van der Waals surface area contributed by atoms with E-state index in [1.807, 2.05) is 0 Å². The van der Waals surface area contributed by atoms with Gasteiger partial charge in [0.1, 0.15) is 0 Å². The number of carbonyl (C=O) groups is 1. The molecule has 0 aromatic carbocycles. The van der Waals surface area contributed by atoms with Gasteiger partial charge in [-0.15, -0.1) is 0 Å². The summed E-state index contributed by atoms with van der Waals surface area (Å²) < 4.78 is 0. The molecule has 0 aliphatic heterocycles. The fourth-order valence-corrected chi connectivity index (χ4v) is 1.22.